The van der Waals surface area contributed by atoms with Crippen LogP contribution in [0.4, 0.5) is 4.39 Å². The van der Waals surface area contributed by atoms with Crippen LogP contribution in [0.3, 0.4) is 0 Å². The van der Waals surface area contributed by atoms with Crippen molar-refractivity contribution in [3.05, 3.63) is 23.5 Å². The van der Waals surface area contributed by atoms with E-state index in [-0.39, 0.29) is 5.75 Å². The molecule has 1 aromatic rings. The zero-order chi connectivity index (χ0) is 10.6. The van der Waals surface area contributed by atoms with Crippen LogP contribution in [0.2, 0.25) is 0 Å². The molecule has 0 aliphatic heterocycles. The van der Waals surface area contributed by atoms with Gasteiger partial charge in [-0.05, 0) is 13.1 Å². The third-order valence-corrected chi connectivity index (χ3v) is 1.92. The van der Waals surface area contributed by atoms with Crippen molar-refractivity contribution < 1.29 is 13.9 Å². The molecule has 0 unspecified atom stereocenters. The molecule has 0 amide bonds. The van der Waals surface area contributed by atoms with E-state index in [1.165, 1.54) is 20.3 Å². The van der Waals surface area contributed by atoms with Crippen molar-refractivity contribution >= 4 is 0 Å². The van der Waals surface area contributed by atoms with Gasteiger partial charge in [-0.3, -0.25) is 0 Å². The summed E-state index contributed by atoms with van der Waals surface area (Å²) in [6.07, 6.45) is 0. The second kappa shape index (κ2) is 4.81. The van der Waals surface area contributed by atoms with Crippen LogP contribution < -0.4 is 14.8 Å². The molecule has 0 aromatic heterocycles. The Bertz CT molecular complexity index is 315. The molecule has 0 radical (unpaired) electrons. The van der Waals surface area contributed by atoms with Crippen LogP contribution in [0.5, 0.6) is 11.5 Å². The molecule has 1 rings (SSSR count). The van der Waals surface area contributed by atoms with Gasteiger partial charge in [-0.2, -0.15) is 0 Å². The van der Waals surface area contributed by atoms with Crippen molar-refractivity contribution in [2.45, 2.75) is 6.54 Å². The molecule has 4 heteroatoms. The second-order valence-corrected chi connectivity index (χ2v) is 2.80. The minimum absolute atomic E-state index is 0.153. The molecular weight excluding hydrogens is 185 g/mol. The Morgan fingerprint density at radius 1 is 1.21 bits per heavy atom. The highest BCUT2D eigenvalue weighted by Gasteiger charge is 2.13. The first-order valence-corrected chi connectivity index (χ1v) is 4.28. The molecule has 78 valence electrons. The van der Waals surface area contributed by atoms with E-state index in [2.05, 4.69) is 5.32 Å². The van der Waals surface area contributed by atoms with Crippen molar-refractivity contribution in [2.75, 3.05) is 21.3 Å². The number of halogens is 1. The predicted molar refractivity (Wildman–Crippen MR) is 52.3 cm³/mol. The Labute approximate surface area is 82.8 Å². The fraction of sp³-hybridized carbons (Fsp3) is 0.400. The molecule has 1 N–H and O–H groups in total. The van der Waals surface area contributed by atoms with Crippen molar-refractivity contribution in [2.24, 2.45) is 0 Å². The first-order chi connectivity index (χ1) is 6.74. The van der Waals surface area contributed by atoms with Crippen LogP contribution >= 0.6 is 0 Å². The lowest BCUT2D eigenvalue weighted by molar-refractivity contribution is 0.334. The van der Waals surface area contributed by atoms with Gasteiger partial charge in [0.05, 0.1) is 14.2 Å². The maximum Gasteiger partial charge on any atom is 0.197 e. The summed E-state index contributed by atoms with van der Waals surface area (Å²) in [6, 6.07) is 3.04. The topological polar surface area (TPSA) is 30.5 Å². The standard InChI is InChI=1S/C10H14FNO2/c1-12-6-7-4-5-8(11)10(14-3)9(7)13-2/h4-5,12H,6H2,1-3H3. The van der Waals surface area contributed by atoms with Crippen LogP contribution in [-0.2, 0) is 6.54 Å². The van der Waals surface area contributed by atoms with Crippen molar-refractivity contribution in [3.63, 3.8) is 0 Å². The molecule has 0 fully saturated rings. The number of methoxy groups -OCH3 is 2. The minimum Gasteiger partial charge on any atom is -0.492 e. The third kappa shape index (κ3) is 1.96. The summed E-state index contributed by atoms with van der Waals surface area (Å²) in [4.78, 5) is 0. The summed E-state index contributed by atoms with van der Waals surface area (Å²) in [6.45, 7) is 0.611. The Balaban J connectivity index is 3.18. The van der Waals surface area contributed by atoms with Gasteiger partial charge in [0.2, 0.25) is 0 Å². The summed E-state index contributed by atoms with van der Waals surface area (Å²) in [5.41, 5.74) is 0.869. The first kappa shape index (κ1) is 10.8. The largest absolute Gasteiger partial charge is 0.492 e. The van der Waals surface area contributed by atoms with Gasteiger partial charge in [-0.1, -0.05) is 6.07 Å². The molecule has 0 atom stereocenters. The number of ether oxygens (including phenoxy) is 2. The van der Waals surface area contributed by atoms with Crippen LogP contribution in [0.1, 0.15) is 5.56 Å². The number of hydrogen-bond donors (Lipinski definition) is 1. The summed E-state index contributed by atoms with van der Waals surface area (Å²) in [7, 11) is 4.73. The molecule has 0 aliphatic carbocycles. The second-order valence-electron chi connectivity index (χ2n) is 2.80. The summed E-state index contributed by atoms with van der Waals surface area (Å²) in [5.74, 6) is 0.186. The first-order valence-electron chi connectivity index (χ1n) is 4.28. The lowest BCUT2D eigenvalue weighted by atomic mass is 10.1. The average Bonchev–Trinajstić information content (AvgIpc) is 2.20. The van der Waals surface area contributed by atoms with Gasteiger partial charge >= 0.3 is 0 Å². The summed E-state index contributed by atoms with van der Waals surface area (Å²) in [5, 5.41) is 2.97. The maximum atomic E-state index is 13.2. The van der Waals surface area contributed by atoms with Gasteiger partial charge < -0.3 is 14.8 Å². The van der Waals surface area contributed by atoms with E-state index in [0.29, 0.717) is 12.3 Å². The smallest absolute Gasteiger partial charge is 0.197 e. The fourth-order valence-corrected chi connectivity index (χ4v) is 1.32. The molecule has 0 saturated carbocycles. The highest BCUT2D eigenvalue weighted by molar-refractivity contribution is 5.47. The van der Waals surface area contributed by atoms with Gasteiger partial charge in [0.25, 0.3) is 0 Å². The zero-order valence-corrected chi connectivity index (χ0v) is 8.56. The van der Waals surface area contributed by atoms with E-state index in [1.807, 2.05) is 7.05 Å². The van der Waals surface area contributed by atoms with Crippen LogP contribution in [0, 0.1) is 5.82 Å². The van der Waals surface area contributed by atoms with Gasteiger partial charge in [0, 0.05) is 12.1 Å². The van der Waals surface area contributed by atoms with Gasteiger partial charge in [0.1, 0.15) is 0 Å². The summed E-state index contributed by atoms with van der Waals surface area (Å²) < 4.78 is 23.3. The SMILES string of the molecule is CNCc1ccc(F)c(OC)c1OC. The Morgan fingerprint density at radius 2 is 1.86 bits per heavy atom. The highest BCUT2D eigenvalue weighted by Crippen LogP contribution is 2.33. The quantitative estimate of drug-likeness (QED) is 0.798. The molecule has 1 aromatic carbocycles. The molecule has 0 bridgehead atoms. The van der Waals surface area contributed by atoms with Crippen molar-refractivity contribution in [3.8, 4) is 11.5 Å². The molecule has 0 spiro atoms. The molecular formula is C10H14FNO2. The van der Waals surface area contributed by atoms with E-state index in [4.69, 9.17) is 9.47 Å². The van der Waals surface area contributed by atoms with Crippen molar-refractivity contribution in [1.82, 2.24) is 5.32 Å². The lowest BCUT2D eigenvalue weighted by Crippen LogP contribution is -2.07. The van der Waals surface area contributed by atoms with Gasteiger partial charge in [-0.15, -0.1) is 0 Å². The molecule has 3 nitrogen and oxygen atoms in total. The van der Waals surface area contributed by atoms with E-state index in [0.717, 1.165) is 5.56 Å². The molecule has 0 heterocycles. The fourth-order valence-electron chi connectivity index (χ4n) is 1.32. The Morgan fingerprint density at radius 3 is 2.36 bits per heavy atom. The van der Waals surface area contributed by atoms with E-state index >= 15 is 0 Å². The van der Waals surface area contributed by atoms with E-state index in [9.17, 15) is 4.39 Å². The maximum absolute atomic E-state index is 13.2. The normalized spacial score (nSPS) is 10.0. The number of benzene rings is 1. The number of hydrogen-bond acceptors (Lipinski definition) is 3. The predicted octanol–water partition coefficient (Wildman–Crippen LogP) is 1.56. The van der Waals surface area contributed by atoms with Gasteiger partial charge in [0.15, 0.2) is 17.3 Å². The number of nitrogens with one attached hydrogen (secondary N) is 1. The van der Waals surface area contributed by atoms with E-state index in [1.54, 1.807) is 6.07 Å². The van der Waals surface area contributed by atoms with Crippen LogP contribution in [0.25, 0.3) is 0 Å². The van der Waals surface area contributed by atoms with Crippen LogP contribution in [-0.4, -0.2) is 21.3 Å². The minimum atomic E-state index is -0.413. The molecule has 0 saturated heterocycles. The van der Waals surface area contributed by atoms with E-state index < -0.39 is 5.82 Å². The molecule has 0 aliphatic rings. The Kier molecular flexibility index (Phi) is 3.71. The number of rotatable bonds is 4. The third-order valence-electron chi connectivity index (χ3n) is 1.92. The lowest BCUT2D eigenvalue weighted by Gasteiger charge is -2.12. The summed E-state index contributed by atoms with van der Waals surface area (Å²) >= 11 is 0. The van der Waals surface area contributed by atoms with Crippen molar-refractivity contribution in [1.29, 1.82) is 0 Å². The Hall–Kier alpha value is -1.29. The monoisotopic (exact) mass is 199 g/mol. The van der Waals surface area contributed by atoms with Crippen LogP contribution in [0.15, 0.2) is 12.1 Å². The zero-order valence-electron chi connectivity index (χ0n) is 8.56. The average molecular weight is 199 g/mol. The molecule has 14 heavy (non-hydrogen) atoms. The van der Waals surface area contributed by atoms with Gasteiger partial charge in [-0.25, -0.2) is 4.39 Å². The highest BCUT2D eigenvalue weighted by atomic mass is 19.1.